The summed E-state index contributed by atoms with van der Waals surface area (Å²) in [4.78, 5) is 37.0. The molecule has 2 heterocycles. The number of phenols is 1. The number of benzene rings is 2. The van der Waals surface area contributed by atoms with Gasteiger partial charge in [-0.3, -0.25) is 4.79 Å². The van der Waals surface area contributed by atoms with E-state index in [9.17, 15) is 28.2 Å². The molecule has 3 N–H and O–H groups in total. The van der Waals surface area contributed by atoms with E-state index >= 15 is 0 Å². The number of phenolic OH excluding ortho intramolecular Hbond substituents is 1. The maximum absolute atomic E-state index is 14.1. The van der Waals surface area contributed by atoms with Gasteiger partial charge in [-0.05, 0) is 48.9 Å². The SMILES string of the molecule is Cc1nc(CN2CCN(C(C(=O)N[C@@H](Cc3ccccc3)[C@H](O)CN(CC(C)C)S(=O)(=O)c3ccc(O)c(N(C)C)c3)C(C)C)C2=O)cs1. The average Bonchev–Trinajstić information content (AvgIpc) is 3.60. The number of nitrogens with one attached hydrogen (secondary N) is 1. The highest BCUT2D eigenvalue weighted by atomic mass is 32.2. The fourth-order valence-corrected chi connectivity index (χ4v) is 8.34. The fourth-order valence-electron chi connectivity index (χ4n) is 6.09. The monoisotopic (exact) mass is 714 g/mol. The lowest BCUT2D eigenvalue weighted by Gasteiger charge is -2.34. The van der Waals surface area contributed by atoms with Crippen LogP contribution in [0.4, 0.5) is 10.5 Å². The summed E-state index contributed by atoms with van der Waals surface area (Å²) in [5, 5.41) is 27.9. The van der Waals surface area contributed by atoms with E-state index in [-0.39, 0.29) is 48.0 Å². The van der Waals surface area contributed by atoms with Crippen molar-refractivity contribution >= 4 is 39.0 Å². The molecule has 1 fully saturated rings. The topological polar surface area (TPSA) is 147 Å². The third-order valence-corrected chi connectivity index (χ3v) is 11.1. The Bertz CT molecular complexity index is 1680. The van der Waals surface area contributed by atoms with Gasteiger partial charge in [-0.1, -0.05) is 58.0 Å². The van der Waals surface area contributed by atoms with Crippen molar-refractivity contribution in [3.8, 4) is 5.75 Å². The van der Waals surface area contributed by atoms with E-state index in [1.165, 1.54) is 33.8 Å². The zero-order valence-corrected chi connectivity index (χ0v) is 31.0. The normalized spacial score (nSPS) is 15.7. The lowest BCUT2D eigenvalue weighted by atomic mass is 9.97. The molecular weight excluding hydrogens is 665 g/mol. The van der Waals surface area contributed by atoms with Gasteiger partial charge in [0.2, 0.25) is 15.9 Å². The van der Waals surface area contributed by atoms with E-state index in [4.69, 9.17) is 0 Å². The smallest absolute Gasteiger partial charge is 0.321 e. The summed E-state index contributed by atoms with van der Waals surface area (Å²) in [7, 11) is -0.708. The number of urea groups is 1. The molecule has 14 heteroatoms. The molecule has 1 aromatic heterocycles. The number of aromatic nitrogens is 1. The maximum atomic E-state index is 14.1. The van der Waals surface area contributed by atoms with Gasteiger partial charge in [0.15, 0.2) is 0 Å². The van der Waals surface area contributed by atoms with E-state index in [2.05, 4.69) is 10.3 Å². The molecule has 0 bridgehead atoms. The highest BCUT2D eigenvalue weighted by molar-refractivity contribution is 7.89. The second kappa shape index (κ2) is 16.3. The number of hydrogen-bond acceptors (Lipinski definition) is 9. The fraction of sp³-hybridized carbons (Fsp3) is 0.514. The van der Waals surface area contributed by atoms with E-state index in [1.807, 2.05) is 70.3 Å². The average molecular weight is 715 g/mol. The van der Waals surface area contributed by atoms with Gasteiger partial charge < -0.3 is 30.2 Å². The molecule has 1 unspecified atom stereocenters. The number of aliphatic hydroxyl groups excluding tert-OH is 1. The second-order valence-corrected chi connectivity index (χ2v) is 16.6. The molecule has 268 valence electrons. The van der Waals surface area contributed by atoms with Crippen LogP contribution in [0.3, 0.4) is 0 Å². The first-order valence-corrected chi connectivity index (χ1v) is 18.9. The minimum absolute atomic E-state index is 0.0183. The number of nitrogens with zero attached hydrogens (tertiary/aromatic N) is 5. The summed E-state index contributed by atoms with van der Waals surface area (Å²) in [6, 6.07) is 11.5. The van der Waals surface area contributed by atoms with Gasteiger partial charge in [0.25, 0.3) is 0 Å². The van der Waals surface area contributed by atoms with E-state index < -0.39 is 34.1 Å². The Labute approximate surface area is 294 Å². The number of aromatic hydroxyl groups is 1. The van der Waals surface area contributed by atoms with Crippen molar-refractivity contribution in [3.63, 3.8) is 0 Å². The number of aliphatic hydroxyl groups is 1. The summed E-state index contributed by atoms with van der Waals surface area (Å²) in [5.41, 5.74) is 2.00. The van der Waals surface area contributed by atoms with Gasteiger partial charge in [0.1, 0.15) is 11.8 Å². The van der Waals surface area contributed by atoms with Crippen molar-refractivity contribution in [2.45, 2.75) is 70.7 Å². The van der Waals surface area contributed by atoms with Gasteiger partial charge in [-0.25, -0.2) is 18.2 Å². The molecule has 1 aliphatic heterocycles. The van der Waals surface area contributed by atoms with Gasteiger partial charge in [-0.2, -0.15) is 4.31 Å². The number of carbonyl (C=O) groups is 2. The van der Waals surface area contributed by atoms with Crippen LogP contribution in [0.1, 0.15) is 44.0 Å². The lowest BCUT2D eigenvalue weighted by molar-refractivity contribution is -0.128. The first kappa shape index (κ1) is 38.1. The molecule has 1 aliphatic rings. The molecule has 2 aromatic carbocycles. The molecule has 0 aliphatic carbocycles. The van der Waals surface area contributed by atoms with Crippen molar-refractivity contribution in [1.82, 2.24) is 24.4 Å². The zero-order chi connectivity index (χ0) is 36.0. The minimum Gasteiger partial charge on any atom is -0.506 e. The first-order chi connectivity index (χ1) is 23.1. The summed E-state index contributed by atoms with van der Waals surface area (Å²) in [6.07, 6.45) is -1.06. The Hall–Kier alpha value is -3.72. The van der Waals surface area contributed by atoms with Crippen LogP contribution in [0.2, 0.25) is 0 Å². The summed E-state index contributed by atoms with van der Waals surface area (Å²) in [5.74, 6) is -0.778. The van der Waals surface area contributed by atoms with E-state index in [0.717, 1.165) is 16.3 Å². The molecule has 3 atom stereocenters. The molecule has 49 heavy (non-hydrogen) atoms. The Morgan fingerprint density at radius 1 is 1.06 bits per heavy atom. The van der Waals surface area contributed by atoms with Gasteiger partial charge in [0, 0.05) is 45.7 Å². The number of hydrogen-bond donors (Lipinski definition) is 3. The molecule has 3 amide bonds. The second-order valence-electron chi connectivity index (χ2n) is 13.6. The van der Waals surface area contributed by atoms with Gasteiger partial charge >= 0.3 is 6.03 Å². The predicted octanol–water partition coefficient (Wildman–Crippen LogP) is 3.92. The number of sulfonamides is 1. The number of thiazole rings is 1. The Kier molecular flexibility index (Phi) is 12.7. The Morgan fingerprint density at radius 3 is 2.35 bits per heavy atom. The lowest BCUT2D eigenvalue weighted by Crippen LogP contribution is -2.57. The highest BCUT2D eigenvalue weighted by Crippen LogP contribution is 2.30. The van der Waals surface area contributed by atoms with Crippen LogP contribution in [0.25, 0.3) is 0 Å². The third kappa shape index (κ3) is 9.50. The van der Waals surface area contributed by atoms with Crippen LogP contribution >= 0.6 is 11.3 Å². The zero-order valence-electron chi connectivity index (χ0n) is 29.4. The van der Waals surface area contributed by atoms with Crippen LogP contribution in [0.5, 0.6) is 5.75 Å². The number of carbonyl (C=O) groups excluding carboxylic acids is 2. The van der Waals surface area contributed by atoms with Crippen LogP contribution in [-0.2, 0) is 27.8 Å². The van der Waals surface area contributed by atoms with Crippen LogP contribution in [0.15, 0.2) is 58.8 Å². The molecule has 4 rings (SSSR count). The number of amides is 3. The molecular formula is C35H50N6O6S2. The third-order valence-electron chi connectivity index (χ3n) is 8.50. The summed E-state index contributed by atoms with van der Waals surface area (Å²) < 4.78 is 29.3. The van der Waals surface area contributed by atoms with Gasteiger partial charge in [0.05, 0.1) is 40.0 Å². The largest absolute Gasteiger partial charge is 0.506 e. The van der Waals surface area contributed by atoms with Crippen LogP contribution in [0, 0.1) is 18.8 Å². The van der Waals surface area contributed by atoms with Crippen LogP contribution in [-0.4, -0.2) is 108 Å². The number of rotatable bonds is 16. The molecule has 0 saturated carbocycles. The number of anilines is 1. The predicted molar refractivity (Wildman–Crippen MR) is 192 cm³/mol. The van der Waals surface area contributed by atoms with Crippen molar-refractivity contribution in [2.24, 2.45) is 11.8 Å². The van der Waals surface area contributed by atoms with Gasteiger partial charge in [-0.15, -0.1) is 11.3 Å². The standard InChI is InChI=1S/C35H50N6O6S2/c1-23(2)19-40(49(46,47)28-13-14-31(42)30(18-28)38(6)7)21-32(43)29(17-26-11-9-8-10-12-26)37-34(44)33(24(3)4)41-16-15-39(35(41)45)20-27-22-48-25(5)36-27/h8-14,18,22-24,29,32-33,42-43H,15-17,19-21H2,1-7H3,(H,37,44)/t29-,32+,33?/m0/s1. The molecule has 0 spiro atoms. The first-order valence-electron chi connectivity index (χ1n) is 16.6. The minimum atomic E-state index is -4.12. The molecule has 3 aromatic rings. The molecule has 1 saturated heterocycles. The van der Waals surface area contributed by atoms with Crippen molar-refractivity contribution in [1.29, 1.82) is 0 Å². The quantitative estimate of drug-likeness (QED) is 0.203. The molecule has 12 nitrogen and oxygen atoms in total. The molecule has 0 radical (unpaired) electrons. The van der Waals surface area contributed by atoms with E-state index in [1.54, 1.807) is 28.8 Å². The maximum Gasteiger partial charge on any atom is 0.321 e. The Balaban J connectivity index is 1.59. The van der Waals surface area contributed by atoms with Crippen molar-refractivity contribution < 1.29 is 28.2 Å². The summed E-state index contributed by atoms with van der Waals surface area (Å²) >= 11 is 1.52. The highest BCUT2D eigenvalue weighted by Gasteiger charge is 2.40. The van der Waals surface area contributed by atoms with Crippen molar-refractivity contribution in [3.05, 3.63) is 70.2 Å². The van der Waals surface area contributed by atoms with Crippen LogP contribution < -0.4 is 10.2 Å². The Morgan fingerprint density at radius 2 is 1.76 bits per heavy atom. The van der Waals surface area contributed by atoms with E-state index in [0.29, 0.717) is 25.3 Å². The number of aryl methyl sites for hydroxylation is 1. The van der Waals surface area contributed by atoms with Crippen molar-refractivity contribution in [2.75, 3.05) is 45.2 Å². The summed E-state index contributed by atoms with van der Waals surface area (Å²) in [6.45, 7) is 10.5.